The molecule has 1 aromatic rings. The summed E-state index contributed by atoms with van der Waals surface area (Å²) < 4.78 is 30.5. The molecule has 7 nitrogen and oxygen atoms in total. The van der Waals surface area contributed by atoms with Crippen LogP contribution in [0.1, 0.15) is 12.5 Å². The molecule has 1 heterocycles. The molecular weight excluding hydrogens is 332 g/mol. The number of benzene rings is 1. The van der Waals surface area contributed by atoms with E-state index < -0.39 is 22.0 Å². The van der Waals surface area contributed by atoms with E-state index in [0.717, 1.165) is 5.56 Å². The normalized spacial score (nSPS) is 17.5. The van der Waals surface area contributed by atoms with Crippen LogP contribution in [0.4, 0.5) is 0 Å². The molecule has 0 aromatic heterocycles. The van der Waals surface area contributed by atoms with Crippen LogP contribution in [0, 0.1) is 6.92 Å². The number of hydrogen-bond acceptors (Lipinski definition) is 5. The number of rotatable bonds is 6. The topological polar surface area (TPSA) is 87.2 Å². The smallest absolute Gasteiger partial charge is 0.255 e. The van der Waals surface area contributed by atoms with Gasteiger partial charge in [0.25, 0.3) is 5.91 Å². The van der Waals surface area contributed by atoms with Gasteiger partial charge in [-0.25, -0.2) is 8.42 Å². The summed E-state index contributed by atoms with van der Waals surface area (Å²) in [7, 11) is -3.23. The molecule has 0 bridgehead atoms. The van der Waals surface area contributed by atoms with Crippen molar-refractivity contribution in [2.24, 2.45) is 0 Å². The quantitative estimate of drug-likeness (QED) is 0.788. The number of piperazine rings is 1. The number of ether oxygens (including phenoxy) is 1. The molecule has 0 radical (unpaired) electrons. The number of carbonyl (C=O) groups excluding carboxylic acids is 1. The summed E-state index contributed by atoms with van der Waals surface area (Å²) in [5.74, 6) is 0.244. The van der Waals surface area contributed by atoms with Gasteiger partial charge in [0.2, 0.25) is 10.0 Å². The summed E-state index contributed by atoms with van der Waals surface area (Å²) in [6.07, 6.45) is -1.26. The van der Waals surface area contributed by atoms with Crippen molar-refractivity contribution >= 4 is 15.9 Å². The average molecular weight is 356 g/mol. The summed E-state index contributed by atoms with van der Waals surface area (Å²) in [5, 5.41) is 10.0. The fourth-order valence-electron chi connectivity index (χ4n) is 2.54. The number of aryl methyl sites for hydroxylation is 1. The van der Waals surface area contributed by atoms with Crippen LogP contribution in [-0.4, -0.2) is 73.3 Å². The number of aliphatic hydroxyl groups excluding tert-OH is 1. The lowest BCUT2D eigenvalue weighted by Crippen LogP contribution is -2.53. The maximum absolute atomic E-state index is 12.3. The highest BCUT2D eigenvalue weighted by Gasteiger charge is 2.30. The summed E-state index contributed by atoms with van der Waals surface area (Å²) >= 11 is 0. The van der Waals surface area contributed by atoms with Gasteiger partial charge in [-0.1, -0.05) is 18.2 Å². The number of para-hydroxylation sites is 1. The zero-order valence-corrected chi connectivity index (χ0v) is 14.8. The van der Waals surface area contributed by atoms with Crippen LogP contribution in [0.25, 0.3) is 0 Å². The van der Waals surface area contributed by atoms with E-state index in [1.54, 1.807) is 13.0 Å². The van der Waals surface area contributed by atoms with Gasteiger partial charge < -0.3 is 14.7 Å². The van der Waals surface area contributed by atoms with E-state index in [0.29, 0.717) is 5.75 Å². The minimum absolute atomic E-state index is 0.0494. The second kappa shape index (κ2) is 7.96. The molecule has 1 unspecified atom stereocenters. The maximum Gasteiger partial charge on any atom is 0.255 e. The lowest BCUT2D eigenvalue weighted by atomic mass is 10.2. The van der Waals surface area contributed by atoms with E-state index in [-0.39, 0.29) is 38.5 Å². The van der Waals surface area contributed by atoms with Crippen LogP contribution in [0.5, 0.6) is 5.75 Å². The standard InChI is InChI=1S/C16H24N2O5S/c1-3-24(21,22)18-10-8-17(9-11-18)16(20)14(19)12-23-15-7-5-4-6-13(15)2/h4-7,14,19H,3,8-12H2,1-2H3. The van der Waals surface area contributed by atoms with Crippen molar-refractivity contribution in [3.8, 4) is 5.75 Å². The second-order valence-corrected chi connectivity index (χ2v) is 7.97. The van der Waals surface area contributed by atoms with Gasteiger partial charge >= 0.3 is 0 Å². The van der Waals surface area contributed by atoms with Crippen molar-refractivity contribution in [2.45, 2.75) is 20.0 Å². The molecule has 134 valence electrons. The molecule has 1 fully saturated rings. The first kappa shape index (κ1) is 18.7. The van der Waals surface area contributed by atoms with Crippen LogP contribution < -0.4 is 4.74 Å². The molecule has 0 spiro atoms. The Morgan fingerprint density at radius 3 is 2.46 bits per heavy atom. The van der Waals surface area contributed by atoms with Crippen molar-refractivity contribution in [2.75, 3.05) is 38.5 Å². The molecule has 1 amide bonds. The summed E-state index contributed by atoms with van der Waals surface area (Å²) in [4.78, 5) is 13.7. The first-order valence-corrected chi connectivity index (χ1v) is 9.59. The number of hydrogen-bond donors (Lipinski definition) is 1. The Hall–Kier alpha value is -1.64. The van der Waals surface area contributed by atoms with Gasteiger partial charge in [-0.3, -0.25) is 4.79 Å². The van der Waals surface area contributed by atoms with Gasteiger partial charge in [-0.15, -0.1) is 0 Å². The summed E-state index contributed by atoms with van der Waals surface area (Å²) in [5.41, 5.74) is 0.926. The molecule has 1 N–H and O–H groups in total. The minimum atomic E-state index is -3.23. The van der Waals surface area contributed by atoms with E-state index in [9.17, 15) is 18.3 Å². The van der Waals surface area contributed by atoms with Gasteiger partial charge in [-0.2, -0.15) is 4.31 Å². The van der Waals surface area contributed by atoms with E-state index in [1.807, 2.05) is 25.1 Å². The highest BCUT2D eigenvalue weighted by Crippen LogP contribution is 2.16. The van der Waals surface area contributed by atoms with Crippen molar-refractivity contribution in [3.05, 3.63) is 29.8 Å². The minimum Gasteiger partial charge on any atom is -0.490 e. The largest absolute Gasteiger partial charge is 0.490 e. The molecule has 8 heteroatoms. The van der Waals surface area contributed by atoms with Crippen LogP contribution in [-0.2, 0) is 14.8 Å². The van der Waals surface area contributed by atoms with E-state index in [1.165, 1.54) is 9.21 Å². The van der Waals surface area contributed by atoms with Gasteiger partial charge in [-0.05, 0) is 25.5 Å². The Labute approximate surface area is 142 Å². The third-order valence-corrected chi connectivity index (χ3v) is 5.97. The maximum atomic E-state index is 12.3. The zero-order valence-electron chi connectivity index (χ0n) is 14.0. The molecule has 1 saturated heterocycles. The van der Waals surface area contributed by atoms with Gasteiger partial charge in [0.15, 0.2) is 6.10 Å². The summed E-state index contributed by atoms with van der Waals surface area (Å²) in [6.45, 7) is 4.42. The number of sulfonamides is 1. The Morgan fingerprint density at radius 2 is 1.88 bits per heavy atom. The molecule has 0 aliphatic carbocycles. The summed E-state index contributed by atoms with van der Waals surface area (Å²) in [6, 6.07) is 7.37. The highest BCUT2D eigenvalue weighted by molar-refractivity contribution is 7.89. The van der Waals surface area contributed by atoms with Crippen molar-refractivity contribution < 1.29 is 23.1 Å². The molecular formula is C16H24N2O5S. The fraction of sp³-hybridized carbons (Fsp3) is 0.562. The monoisotopic (exact) mass is 356 g/mol. The van der Waals surface area contributed by atoms with Crippen molar-refractivity contribution in [1.29, 1.82) is 0 Å². The number of amides is 1. The van der Waals surface area contributed by atoms with E-state index >= 15 is 0 Å². The van der Waals surface area contributed by atoms with Crippen LogP contribution in [0.3, 0.4) is 0 Å². The van der Waals surface area contributed by atoms with E-state index in [4.69, 9.17) is 4.74 Å². The lowest BCUT2D eigenvalue weighted by molar-refractivity contribution is -0.142. The predicted molar refractivity (Wildman–Crippen MR) is 90.3 cm³/mol. The fourth-order valence-corrected chi connectivity index (χ4v) is 3.62. The third-order valence-electron chi connectivity index (χ3n) is 4.08. The van der Waals surface area contributed by atoms with Crippen molar-refractivity contribution in [3.63, 3.8) is 0 Å². The molecule has 1 atom stereocenters. The van der Waals surface area contributed by atoms with Gasteiger partial charge in [0.1, 0.15) is 12.4 Å². The third kappa shape index (κ3) is 4.46. The first-order valence-electron chi connectivity index (χ1n) is 7.98. The Kier molecular flexibility index (Phi) is 6.20. The number of aliphatic hydroxyl groups is 1. The number of carbonyl (C=O) groups is 1. The predicted octanol–water partition coefficient (Wildman–Crippen LogP) is 0.229. The van der Waals surface area contributed by atoms with Crippen molar-refractivity contribution in [1.82, 2.24) is 9.21 Å². The SMILES string of the molecule is CCS(=O)(=O)N1CCN(C(=O)C(O)COc2ccccc2C)CC1. The molecule has 24 heavy (non-hydrogen) atoms. The second-order valence-electron chi connectivity index (χ2n) is 5.72. The molecule has 1 aliphatic rings. The van der Waals surface area contributed by atoms with E-state index in [2.05, 4.69) is 0 Å². The van der Waals surface area contributed by atoms with Gasteiger partial charge in [0, 0.05) is 26.2 Å². The zero-order chi connectivity index (χ0) is 17.7. The molecule has 1 aromatic carbocycles. The molecule has 2 rings (SSSR count). The lowest BCUT2D eigenvalue weighted by Gasteiger charge is -2.34. The van der Waals surface area contributed by atoms with Gasteiger partial charge in [0.05, 0.1) is 5.75 Å². The Balaban J connectivity index is 1.85. The average Bonchev–Trinajstić information content (AvgIpc) is 2.60. The molecule has 1 aliphatic heterocycles. The highest BCUT2D eigenvalue weighted by atomic mass is 32.2. The first-order chi connectivity index (χ1) is 11.3. The number of nitrogens with zero attached hydrogens (tertiary/aromatic N) is 2. The van der Waals surface area contributed by atoms with Crippen LogP contribution >= 0.6 is 0 Å². The molecule has 0 saturated carbocycles. The Bertz CT molecular complexity index is 669. The Morgan fingerprint density at radius 1 is 1.25 bits per heavy atom. The van der Waals surface area contributed by atoms with Crippen LogP contribution in [0.2, 0.25) is 0 Å². The van der Waals surface area contributed by atoms with Crippen LogP contribution in [0.15, 0.2) is 24.3 Å².